The van der Waals surface area contributed by atoms with Crippen LogP contribution in [0.5, 0.6) is 11.5 Å². The van der Waals surface area contributed by atoms with Crippen LogP contribution in [0.15, 0.2) is 65.9 Å². The molecule has 2 aliphatic heterocycles. The van der Waals surface area contributed by atoms with E-state index in [4.69, 9.17) is 20.3 Å². The number of Topliss-reactive ketones (excluding diaryl/α,β-unsaturated/α-hetero) is 1. The van der Waals surface area contributed by atoms with Crippen LogP contribution in [0.25, 0.3) is 11.1 Å². The quantitative estimate of drug-likeness (QED) is 0.619. The van der Waals surface area contributed by atoms with E-state index in [2.05, 4.69) is 9.98 Å². The molecule has 1 aromatic heterocycles. The first-order valence-electron chi connectivity index (χ1n) is 10.1. The molecule has 5 rings (SSSR count). The van der Waals surface area contributed by atoms with E-state index in [1.165, 1.54) is 0 Å². The summed E-state index contributed by atoms with van der Waals surface area (Å²) < 4.78 is 11.8. The number of ketones is 1. The molecule has 0 amide bonds. The summed E-state index contributed by atoms with van der Waals surface area (Å²) in [5.41, 5.74) is 9.08. The molecule has 7 nitrogen and oxygen atoms in total. The van der Waals surface area contributed by atoms with Crippen molar-refractivity contribution < 1.29 is 19.4 Å². The van der Waals surface area contributed by atoms with Gasteiger partial charge in [-0.15, -0.1) is 0 Å². The summed E-state index contributed by atoms with van der Waals surface area (Å²) in [7, 11) is 0. The summed E-state index contributed by atoms with van der Waals surface area (Å²) in [6.07, 6.45) is 4.22. The Balaban J connectivity index is 1.65. The zero-order valence-corrected chi connectivity index (χ0v) is 16.7. The number of benzene rings is 2. The molecule has 0 fully saturated rings. The highest BCUT2D eigenvalue weighted by Crippen LogP contribution is 2.51. The molecule has 1 atom stereocenters. The number of aromatic nitrogens is 1. The van der Waals surface area contributed by atoms with Crippen molar-refractivity contribution >= 4 is 11.8 Å². The number of rotatable bonds is 5. The van der Waals surface area contributed by atoms with E-state index >= 15 is 0 Å². The number of aliphatic imine (C=N–C) groups is 1. The molecule has 3 aromatic rings. The third kappa shape index (κ3) is 3.23. The number of hydrogen-bond acceptors (Lipinski definition) is 7. The monoisotopic (exact) mass is 415 g/mol. The van der Waals surface area contributed by atoms with Crippen molar-refractivity contribution in [2.45, 2.75) is 18.4 Å². The van der Waals surface area contributed by atoms with Gasteiger partial charge in [0.2, 0.25) is 0 Å². The van der Waals surface area contributed by atoms with Crippen LogP contribution in [0.1, 0.15) is 34.3 Å². The Kier molecular flexibility index (Phi) is 4.67. The Morgan fingerprint density at radius 1 is 1.10 bits per heavy atom. The standard InChI is InChI=1S/C24H21N3O4/c25-23-27-24(14-30-23)18-11-15(17-3-1-9-26-13-17)5-7-21(18)31-22-8-6-16(12-19(22)24)20(29)4-2-10-28/h1,3,5-9,11-13,28H,2,4,10,14H2,(H2,25,27). The highest BCUT2D eigenvalue weighted by atomic mass is 16.5. The number of aliphatic hydroxyl groups excluding tert-OH is 1. The van der Waals surface area contributed by atoms with Gasteiger partial charge in [0, 0.05) is 47.7 Å². The summed E-state index contributed by atoms with van der Waals surface area (Å²) in [5.74, 6) is 1.24. The number of nitrogens with zero attached hydrogens (tertiary/aromatic N) is 2. The van der Waals surface area contributed by atoms with Gasteiger partial charge in [-0.25, -0.2) is 4.99 Å². The van der Waals surface area contributed by atoms with Gasteiger partial charge in [0.1, 0.15) is 18.1 Å². The first-order valence-corrected chi connectivity index (χ1v) is 10.1. The van der Waals surface area contributed by atoms with Gasteiger partial charge in [-0.05, 0) is 48.4 Å². The Hall–Kier alpha value is -3.71. The zero-order chi connectivity index (χ0) is 21.4. The summed E-state index contributed by atoms with van der Waals surface area (Å²) >= 11 is 0. The lowest BCUT2D eigenvalue weighted by molar-refractivity contribution is 0.0971. The predicted molar refractivity (Wildman–Crippen MR) is 115 cm³/mol. The fraction of sp³-hybridized carbons (Fsp3) is 0.208. The van der Waals surface area contributed by atoms with Crippen molar-refractivity contribution in [3.05, 3.63) is 77.6 Å². The van der Waals surface area contributed by atoms with Crippen LogP contribution in [-0.4, -0.2) is 35.1 Å². The van der Waals surface area contributed by atoms with Crippen molar-refractivity contribution in [3.8, 4) is 22.6 Å². The third-order valence-corrected chi connectivity index (χ3v) is 5.68. The minimum absolute atomic E-state index is 0.0249. The number of aliphatic hydroxyl groups is 1. The van der Waals surface area contributed by atoms with Crippen molar-refractivity contribution in [3.63, 3.8) is 0 Å². The molecule has 0 radical (unpaired) electrons. The molecule has 1 spiro atoms. The molecule has 7 heteroatoms. The van der Waals surface area contributed by atoms with E-state index in [1.54, 1.807) is 30.6 Å². The molecule has 0 saturated carbocycles. The second-order valence-electron chi connectivity index (χ2n) is 7.61. The highest BCUT2D eigenvalue weighted by Gasteiger charge is 2.47. The van der Waals surface area contributed by atoms with E-state index in [0.29, 0.717) is 23.5 Å². The molecule has 0 saturated heterocycles. The number of amidine groups is 1. The lowest BCUT2D eigenvalue weighted by Crippen LogP contribution is -2.31. The molecule has 31 heavy (non-hydrogen) atoms. The summed E-state index contributed by atoms with van der Waals surface area (Å²) in [6.45, 7) is 0.190. The Bertz CT molecular complexity index is 1190. The van der Waals surface area contributed by atoms with Crippen molar-refractivity contribution in [2.24, 2.45) is 10.7 Å². The van der Waals surface area contributed by atoms with Crippen LogP contribution < -0.4 is 10.5 Å². The summed E-state index contributed by atoms with van der Waals surface area (Å²) in [4.78, 5) is 21.5. The minimum Gasteiger partial charge on any atom is -0.462 e. The SMILES string of the molecule is NC1=NC2(CO1)c1cc(C(=O)CCCO)ccc1Oc1ccc(-c3cccnc3)cc12. The number of fused-ring (bicyclic) bond motifs is 4. The predicted octanol–water partition coefficient (Wildman–Crippen LogP) is 3.40. The highest BCUT2D eigenvalue weighted by molar-refractivity contribution is 5.96. The van der Waals surface area contributed by atoms with Crippen LogP contribution in [0.3, 0.4) is 0 Å². The van der Waals surface area contributed by atoms with E-state index in [0.717, 1.165) is 22.3 Å². The fourth-order valence-corrected chi connectivity index (χ4v) is 4.13. The molecule has 3 heterocycles. The van der Waals surface area contributed by atoms with Crippen LogP contribution in [0, 0.1) is 0 Å². The smallest absolute Gasteiger partial charge is 0.283 e. The molecule has 156 valence electrons. The number of nitrogens with two attached hydrogens (primary N) is 1. The van der Waals surface area contributed by atoms with Gasteiger partial charge in [-0.3, -0.25) is 9.78 Å². The number of hydrogen-bond donors (Lipinski definition) is 2. The number of carbonyl (C=O) groups excluding carboxylic acids is 1. The van der Waals surface area contributed by atoms with Gasteiger partial charge in [0.05, 0.1) is 0 Å². The molecule has 3 N–H and O–H groups in total. The minimum atomic E-state index is -0.904. The van der Waals surface area contributed by atoms with Gasteiger partial charge in [0.25, 0.3) is 6.02 Å². The topological polar surface area (TPSA) is 107 Å². The molecule has 2 aromatic carbocycles. The lowest BCUT2D eigenvalue weighted by Gasteiger charge is -2.34. The Morgan fingerprint density at radius 2 is 1.90 bits per heavy atom. The van der Waals surface area contributed by atoms with Crippen molar-refractivity contribution in [1.82, 2.24) is 4.98 Å². The van der Waals surface area contributed by atoms with Gasteiger partial charge in [-0.2, -0.15) is 0 Å². The molecule has 1 unspecified atom stereocenters. The third-order valence-electron chi connectivity index (χ3n) is 5.68. The summed E-state index contributed by atoms with van der Waals surface area (Å²) in [5, 5.41) is 9.06. The molecular formula is C24H21N3O4. The number of ether oxygens (including phenoxy) is 2. The summed E-state index contributed by atoms with van der Waals surface area (Å²) in [6, 6.07) is 15.2. The normalized spacial score (nSPS) is 18.5. The Morgan fingerprint density at radius 3 is 2.61 bits per heavy atom. The van der Waals surface area contributed by atoms with E-state index < -0.39 is 5.54 Å². The van der Waals surface area contributed by atoms with E-state index in [1.807, 2.05) is 30.3 Å². The lowest BCUT2D eigenvalue weighted by atomic mass is 9.79. The molecule has 0 aliphatic carbocycles. The van der Waals surface area contributed by atoms with E-state index in [9.17, 15) is 4.79 Å². The first kappa shape index (κ1) is 19.3. The van der Waals surface area contributed by atoms with E-state index in [-0.39, 0.29) is 31.4 Å². The van der Waals surface area contributed by atoms with Gasteiger partial charge in [0.15, 0.2) is 11.3 Å². The second-order valence-corrected chi connectivity index (χ2v) is 7.61. The number of carbonyl (C=O) groups is 1. The second kappa shape index (κ2) is 7.52. The molecule has 2 aliphatic rings. The molecular weight excluding hydrogens is 394 g/mol. The maximum absolute atomic E-state index is 12.6. The van der Waals surface area contributed by atoms with Gasteiger partial charge >= 0.3 is 0 Å². The van der Waals surface area contributed by atoms with Gasteiger partial charge < -0.3 is 20.3 Å². The maximum Gasteiger partial charge on any atom is 0.283 e. The Labute approximate surface area is 179 Å². The van der Waals surface area contributed by atoms with Gasteiger partial charge in [-0.1, -0.05) is 12.1 Å². The van der Waals surface area contributed by atoms with Crippen LogP contribution >= 0.6 is 0 Å². The van der Waals surface area contributed by atoms with Crippen LogP contribution in [0.4, 0.5) is 0 Å². The maximum atomic E-state index is 12.6. The fourth-order valence-electron chi connectivity index (χ4n) is 4.13. The number of pyridine rings is 1. The van der Waals surface area contributed by atoms with Crippen molar-refractivity contribution in [1.29, 1.82) is 0 Å². The van der Waals surface area contributed by atoms with Crippen LogP contribution in [0.2, 0.25) is 0 Å². The molecule has 0 bridgehead atoms. The van der Waals surface area contributed by atoms with Crippen molar-refractivity contribution in [2.75, 3.05) is 13.2 Å². The average molecular weight is 415 g/mol. The largest absolute Gasteiger partial charge is 0.462 e. The average Bonchev–Trinajstić information content (AvgIpc) is 3.20. The van der Waals surface area contributed by atoms with Crippen LogP contribution in [-0.2, 0) is 10.3 Å². The zero-order valence-electron chi connectivity index (χ0n) is 16.7. The first-order chi connectivity index (χ1) is 15.1.